The van der Waals surface area contributed by atoms with E-state index < -0.39 is 11.5 Å². The number of nitrogens with one attached hydrogen (secondary N) is 1. The van der Waals surface area contributed by atoms with Crippen LogP contribution in [0.4, 0.5) is 0 Å². The van der Waals surface area contributed by atoms with Gasteiger partial charge in [0.1, 0.15) is 0 Å². The van der Waals surface area contributed by atoms with Crippen molar-refractivity contribution in [3.8, 4) is 0 Å². The van der Waals surface area contributed by atoms with E-state index in [-0.39, 0.29) is 18.9 Å². The molecule has 0 spiro atoms. The lowest BCUT2D eigenvalue weighted by molar-refractivity contribution is -0.147. The Balaban J connectivity index is 1.82. The number of benzene rings is 1. The van der Waals surface area contributed by atoms with Gasteiger partial charge in [-0.3, -0.25) is 4.79 Å². The normalized spacial score (nSPS) is 21.2. The number of ether oxygens (including phenoxy) is 1. The summed E-state index contributed by atoms with van der Waals surface area (Å²) in [5.74, 6) is -0.709. The minimum absolute atomic E-state index is 0.0332. The number of hydrogen-bond donors (Lipinski definition) is 2. The summed E-state index contributed by atoms with van der Waals surface area (Å²) in [4.78, 5) is 24.3. The Bertz CT molecular complexity index is 531. The first kappa shape index (κ1) is 16.3. The van der Waals surface area contributed by atoms with Crippen LogP contribution in [0.2, 0.25) is 0 Å². The lowest BCUT2D eigenvalue weighted by Gasteiger charge is -2.23. The first-order chi connectivity index (χ1) is 10.0. The summed E-state index contributed by atoms with van der Waals surface area (Å²) in [5, 5.41) is 11.9. The average molecular weight is 374 g/mol. The fourth-order valence-electron chi connectivity index (χ4n) is 2.03. The van der Waals surface area contributed by atoms with Gasteiger partial charge in [-0.25, -0.2) is 4.79 Å². The number of hydrogen-bond acceptors (Lipinski definition) is 4. The largest absolute Gasteiger partial charge is 0.479 e. The number of aliphatic carboxylic acids is 1. The first-order valence-corrected chi connectivity index (χ1v) is 8.31. The van der Waals surface area contributed by atoms with Gasteiger partial charge in [-0.2, -0.15) is 0 Å². The molecule has 1 aromatic rings. The molecule has 7 heteroatoms. The maximum absolute atomic E-state index is 11.9. The molecule has 21 heavy (non-hydrogen) atoms. The minimum atomic E-state index is -1.25. The van der Waals surface area contributed by atoms with Crippen LogP contribution in [0.5, 0.6) is 0 Å². The van der Waals surface area contributed by atoms with Gasteiger partial charge in [-0.1, -0.05) is 12.1 Å². The molecule has 0 bridgehead atoms. The van der Waals surface area contributed by atoms with Crippen molar-refractivity contribution < 1.29 is 19.4 Å². The van der Waals surface area contributed by atoms with Crippen LogP contribution < -0.4 is 5.32 Å². The number of halogens is 1. The van der Waals surface area contributed by atoms with E-state index in [1.165, 1.54) is 0 Å². The summed E-state index contributed by atoms with van der Waals surface area (Å²) in [6.07, 6.45) is 0.576. The summed E-state index contributed by atoms with van der Waals surface area (Å²) in [5.41, 5.74) is -1.25. The predicted octanol–water partition coefficient (Wildman–Crippen LogP) is 2.29. The fraction of sp³-hybridized carbons (Fsp3) is 0.429. The van der Waals surface area contributed by atoms with Gasteiger partial charge in [0.15, 0.2) is 5.54 Å². The number of thioether (sulfide) groups is 1. The van der Waals surface area contributed by atoms with Crippen molar-refractivity contribution in [2.75, 3.05) is 19.0 Å². The van der Waals surface area contributed by atoms with E-state index in [0.717, 1.165) is 9.37 Å². The van der Waals surface area contributed by atoms with Crippen LogP contribution in [-0.4, -0.2) is 41.5 Å². The Labute approximate surface area is 135 Å². The Morgan fingerprint density at radius 2 is 2.19 bits per heavy atom. The Morgan fingerprint density at radius 1 is 1.43 bits per heavy atom. The lowest BCUT2D eigenvalue weighted by Crippen LogP contribution is -2.55. The molecule has 2 N–H and O–H groups in total. The molecule has 0 saturated carbocycles. The van der Waals surface area contributed by atoms with Gasteiger partial charge >= 0.3 is 5.97 Å². The SMILES string of the molecule is O=C(CCSc1ccccc1Br)NC1(C(=O)O)CCOC1. The van der Waals surface area contributed by atoms with E-state index in [4.69, 9.17) is 4.74 Å². The van der Waals surface area contributed by atoms with Crippen LogP contribution in [0, 0.1) is 0 Å². The van der Waals surface area contributed by atoms with Gasteiger partial charge in [-0.05, 0) is 28.1 Å². The van der Waals surface area contributed by atoms with Crippen molar-refractivity contribution in [2.45, 2.75) is 23.3 Å². The standard InChI is InChI=1S/C14H16BrNO4S/c15-10-3-1-2-4-11(10)21-8-5-12(17)16-14(13(18)19)6-7-20-9-14/h1-4H,5-9H2,(H,16,17)(H,18,19). The number of rotatable bonds is 6. The van der Waals surface area contributed by atoms with Gasteiger partial charge in [0, 0.05) is 34.6 Å². The highest BCUT2D eigenvalue weighted by atomic mass is 79.9. The van der Waals surface area contributed by atoms with Crippen LogP contribution in [-0.2, 0) is 14.3 Å². The number of amides is 1. The van der Waals surface area contributed by atoms with Gasteiger partial charge in [0.25, 0.3) is 0 Å². The highest BCUT2D eigenvalue weighted by Gasteiger charge is 2.43. The Kier molecular flexibility index (Phi) is 5.66. The molecule has 0 aromatic heterocycles. The molecule has 1 aromatic carbocycles. The summed E-state index contributed by atoms with van der Waals surface area (Å²) in [6, 6.07) is 7.77. The van der Waals surface area contributed by atoms with Crippen molar-refractivity contribution in [2.24, 2.45) is 0 Å². The number of carboxylic acid groups (broad SMARTS) is 1. The summed E-state index contributed by atoms with van der Waals surface area (Å²) in [6.45, 7) is 0.393. The fourth-order valence-corrected chi connectivity index (χ4v) is 3.55. The van der Waals surface area contributed by atoms with Crippen molar-refractivity contribution in [3.05, 3.63) is 28.7 Å². The topological polar surface area (TPSA) is 75.6 Å². The maximum atomic E-state index is 11.9. The predicted molar refractivity (Wildman–Crippen MR) is 83.4 cm³/mol. The monoisotopic (exact) mass is 373 g/mol. The Morgan fingerprint density at radius 3 is 2.81 bits per heavy atom. The zero-order valence-electron chi connectivity index (χ0n) is 11.3. The molecule has 5 nitrogen and oxygen atoms in total. The molecule has 1 atom stereocenters. The van der Waals surface area contributed by atoms with Gasteiger partial charge in [0.05, 0.1) is 6.61 Å². The molecular formula is C14H16BrNO4S. The van der Waals surface area contributed by atoms with E-state index in [1.807, 2.05) is 24.3 Å². The molecule has 1 amide bonds. The van der Waals surface area contributed by atoms with Crippen molar-refractivity contribution in [1.82, 2.24) is 5.32 Å². The third-order valence-electron chi connectivity index (χ3n) is 3.23. The van der Waals surface area contributed by atoms with E-state index in [2.05, 4.69) is 21.2 Å². The van der Waals surface area contributed by atoms with Crippen LogP contribution >= 0.6 is 27.7 Å². The van der Waals surface area contributed by atoms with Crippen LogP contribution in [0.1, 0.15) is 12.8 Å². The molecule has 0 radical (unpaired) electrons. The van der Waals surface area contributed by atoms with Crippen LogP contribution in [0.15, 0.2) is 33.6 Å². The molecule has 1 aliphatic heterocycles. The van der Waals surface area contributed by atoms with E-state index in [9.17, 15) is 14.7 Å². The number of carboxylic acids is 1. The molecule has 1 unspecified atom stereocenters. The zero-order chi connectivity index (χ0) is 15.3. The summed E-state index contributed by atoms with van der Waals surface area (Å²) in [7, 11) is 0. The minimum Gasteiger partial charge on any atom is -0.479 e. The molecule has 2 rings (SSSR count). The van der Waals surface area contributed by atoms with Gasteiger partial charge in [-0.15, -0.1) is 11.8 Å². The lowest BCUT2D eigenvalue weighted by atomic mass is 9.99. The Hall–Kier alpha value is -1.05. The second-order valence-electron chi connectivity index (χ2n) is 4.77. The van der Waals surface area contributed by atoms with Crippen molar-refractivity contribution in [3.63, 3.8) is 0 Å². The van der Waals surface area contributed by atoms with E-state index in [0.29, 0.717) is 18.8 Å². The first-order valence-electron chi connectivity index (χ1n) is 6.53. The van der Waals surface area contributed by atoms with Crippen LogP contribution in [0.3, 0.4) is 0 Å². The number of carbonyl (C=O) groups excluding carboxylic acids is 1. The van der Waals surface area contributed by atoms with Crippen LogP contribution in [0.25, 0.3) is 0 Å². The highest BCUT2D eigenvalue weighted by Crippen LogP contribution is 2.27. The smallest absolute Gasteiger partial charge is 0.331 e. The molecule has 0 aliphatic carbocycles. The average Bonchev–Trinajstić information content (AvgIpc) is 2.91. The van der Waals surface area contributed by atoms with E-state index >= 15 is 0 Å². The third-order valence-corrected chi connectivity index (χ3v) is 5.26. The van der Waals surface area contributed by atoms with Gasteiger partial charge in [0.2, 0.25) is 5.91 Å². The second-order valence-corrected chi connectivity index (χ2v) is 6.76. The summed E-state index contributed by atoms with van der Waals surface area (Å²) < 4.78 is 6.09. The molecule has 1 fully saturated rings. The van der Waals surface area contributed by atoms with Gasteiger partial charge < -0.3 is 15.2 Å². The highest BCUT2D eigenvalue weighted by molar-refractivity contribution is 9.10. The summed E-state index contributed by atoms with van der Waals surface area (Å²) >= 11 is 5.00. The quantitative estimate of drug-likeness (QED) is 0.748. The third kappa shape index (κ3) is 4.21. The molecule has 1 aliphatic rings. The van der Waals surface area contributed by atoms with Crippen molar-refractivity contribution in [1.29, 1.82) is 0 Å². The van der Waals surface area contributed by atoms with Crippen molar-refractivity contribution >= 4 is 39.6 Å². The zero-order valence-corrected chi connectivity index (χ0v) is 13.7. The molecule has 1 saturated heterocycles. The molecule has 114 valence electrons. The van der Waals surface area contributed by atoms with E-state index in [1.54, 1.807) is 11.8 Å². The second kappa shape index (κ2) is 7.29. The molecule has 1 heterocycles. The maximum Gasteiger partial charge on any atom is 0.331 e. The number of carbonyl (C=O) groups is 2. The molecular weight excluding hydrogens is 358 g/mol.